The molecule has 0 saturated heterocycles. The van der Waals surface area contributed by atoms with Crippen LogP contribution in [0.5, 0.6) is 0 Å². The first-order chi connectivity index (χ1) is 9.90. The second-order valence-electron chi connectivity index (χ2n) is 5.37. The highest BCUT2D eigenvalue weighted by Crippen LogP contribution is 2.19. The minimum atomic E-state index is -0.161. The largest absolute Gasteiger partial charge is 0.436 e. The lowest BCUT2D eigenvalue weighted by Crippen LogP contribution is -2.36. The molecular formula is C16H21N3O2. The highest BCUT2D eigenvalue weighted by Gasteiger charge is 2.25. The van der Waals surface area contributed by atoms with Gasteiger partial charge in [-0.1, -0.05) is 18.2 Å². The Hall–Kier alpha value is -2.30. The molecule has 0 radical (unpaired) electrons. The Morgan fingerprint density at radius 3 is 2.52 bits per heavy atom. The van der Waals surface area contributed by atoms with E-state index >= 15 is 0 Å². The number of aromatic nitrogens is 1. The number of benzene rings is 1. The first-order valence-electron chi connectivity index (χ1n) is 6.98. The summed E-state index contributed by atoms with van der Waals surface area (Å²) >= 11 is 0. The summed E-state index contributed by atoms with van der Waals surface area (Å²) in [6, 6.07) is 7.59. The van der Waals surface area contributed by atoms with Crippen LogP contribution in [0.15, 0.2) is 28.7 Å². The van der Waals surface area contributed by atoms with E-state index in [1.807, 2.05) is 38.1 Å². The van der Waals surface area contributed by atoms with Crippen molar-refractivity contribution < 1.29 is 9.21 Å². The number of amides is 1. The molecule has 0 fully saturated rings. The van der Waals surface area contributed by atoms with Crippen molar-refractivity contribution in [3.8, 4) is 0 Å². The number of hydrogen-bond donors (Lipinski definition) is 1. The van der Waals surface area contributed by atoms with E-state index in [9.17, 15) is 4.79 Å². The molecule has 21 heavy (non-hydrogen) atoms. The van der Waals surface area contributed by atoms with Gasteiger partial charge in [-0.2, -0.15) is 0 Å². The van der Waals surface area contributed by atoms with Crippen molar-refractivity contribution in [2.45, 2.75) is 40.3 Å². The van der Waals surface area contributed by atoms with Crippen molar-refractivity contribution >= 4 is 11.6 Å². The second-order valence-corrected chi connectivity index (χ2v) is 5.37. The van der Waals surface area contributed by atoms with Crippen molar-refractivity contribution in [3.05, 3.63) is 47.2 Å². The molecule has 0 atom stereocenters. The fourth-order valence-electron chi connectivity index (χ4n) is 2.21. The molecule has 0 aliphatic carbocycles. The van der Waals surface area contributed by atoms with Crippen LogP contribution in [0.2, 0.25) is 0 Å². The number of nitrogens with two attached hydrogens (primary N) is 1. The third-order valence-electron chi connectivity index (χ3n) is 3.38. The molecule has 2 aromatic rings. The zero-order valence-electron chi connectivity index (χ0n) is 12.9. The van der Waals surface area contributed by atoms with Gasteiger partial charge in [0.15, 0.2) is 5.89 Å². The predicted octanol–water partition coefficient (Wildman–Crippen LogP) is 2.92. The number of para-hydroxylation sites is 1. The van der Waals surface area contributed by atoms with Gasteiger partial charge >= 0.3 is 0 Å². The fourth-order valence-corrected chi connectivity index (χ4v) is 2.21. The van der Waals surface area contributed by atoms with E-state index < -0.39 is 0 Å². The normalized spacial score (nSPS) is 10.9. The van der Waals surface area contributed by atoms with Crippen LogP contribution in [-0.2, 0) is 6.54 Å². The maximum Gasteiger partial charge on any atom is 0.292 e. The molecule has 1 aromatic heterocycles. The van der Waals surface area contributed by atoms with E-state index in [0.29, 0.717) is 29.6 Å². The number of nitrogens with zero attached hydrogens (tertiary/aromatic N) is 2. The van der Waals surface area contributed by atoms with Crippen LogP contribution < -0.4 is 5.73 Å². The van der Waals surface area contributed by atoms with Gasteiger partial charge < -0.3 is 15.1 Å². The van der Waals surface area contributed by atoms with Gasteiger partial charge in [-0.25, -0.2) is 4.98 Å². The average Bonchev–Trinajstić information content (AvgIpc) is 2.75. The Bertz CT molecular complexity index is 647. The minimum absolute atomic E-state index is 0.0295. The van der Waals surface area contributed by atoms with E-state index in [4.69, 9.17) is 10.2 Å². The molecular weight excluding hydrogens is 266 g/mol. The molecule has 0 bridgehead atoms. The van der Waals surface area contributed by atoms with Gasteiger partial charge in [-0.05, 0) is 32.4 Å². The first kappa shape index (κ1) is 15.1. The van der Waals surface area contributed by atoms with Crippen molar-refractivity contribution in [1.29, 1.82) is 0 Å². The van der Waals surface area contributed by atoms with E-state index in [1.54, 1.807) is 18.7 Å². The van der Waals surface area contributed by atoms with Crippen molar-refractivity contribution in [3.63, 3.8) is 0 Å². The number of carbonyl (C=O) groups is 1. The van der Waals surface area contributed by atoms with Crippen molar-refractivity contribution in [2.24, 2.45) is 0 Å². The topological polar surface area (TPSA) is 72.4 Å². The Morgan fingerprint density at radius 2 is 2.00 bits per heavy atom. The number of nitrogen functional groups attached to an aromatic ring is 1. The van der Waals surface area contributed by atoms with Crippen molar-refractivity contribution in [2.75, 3.05) is 5.73 Å². The van der Waals surface area contributed by atoms with Gasteiger partial charge in [0.05, 0.1) is 5.69 Å². The molecule has 112 valence electrons. The lowest BCUT2D eigenvalue weighted by atomic mass is 10.1. The summed E-state index contributed by atoms with van der Waals surface area (Å²) in [5.41, 5.74) is 8.19. The Balaban J connectivity index is 2.29. The van der Waals surface area contributed by atoms with Crippen LogP contribution in [-0.4, -0.2) is 21.8 Å². The summed E-state index contributed by atoms with van der Waals surface area (Å²) in [4.78, 5) is 18.6. The van der Waals surface area contributed by atoms with Crippen LogP contribution in [0.3, 0.4) is 0 Å². The van der Waals surface area contributed by atoms with Gasteiger partial charge in [0.1, 0.15) is 0 Å². The van der Waals surface area contributed by atoms with E-state index in [0.717, 1.165) is 5.56 Å². The average molecular weight is 287 g/mol. The quantitative estimate of drug-likeness (QED) is 0.878. The molecule has 1 heterocycles. The van der Waals surface area contributed by atoms with Gasteiger partial charge in [0, 0.05) is 25.2 Å². The van der Waals surface area contributed by atoms with Gasteiger partial charge in [0.2, 0.25) is 5.76 Å². The van der Waals surface area contributed by atoms with Gasteiger partial charge in [0.25, 0.3) is 5.91 Å². The summed E-state index contributed by atoms with van der Waals surface area (Å²) in [6.07, 6.45) is 0. The van der Waals surface area contributed by atoms with E-state index in [1.165, 1.54) is 0 Å². The summed E-state index contributed by atoms with van der Waals surface area (Å²) in [7, 11) is 0. The smallest absolute Gasteiger partial charge is 0.292 e. The fraction of sp³-hybridized carbons (Fsp3) is 0.375. The van der Waals surface area contributed by atoms with Gasteiger partial charge in [-0.15, -0.1) is 0 Å². The van der Waals surface area contributed by atoms with Crippen LogP contribution in [0, 0.1) is 13.8 Å². The number of anilines is 1. The number of aryl methyl sites for hydroxylation is 2. The zero-order valence-corrected chi connectivity index (χ0v) is 12.9. The number of carbonyl (C=O) groups excluding carboxylic acids is 1. The molecule has 0 unspecified atom stereocenters. The van der Waals surface area contributed by atoms with Crippen LogP contribution in [0.1, 0.15) is 41.6 Å². The molecule has 0 saturated carbocycles. The molecule has 2 rings (SSSR count). The molecule has 2 N–H and O–H groups in total. The molecule has 0 aliphatic heterocycles. The van der Waals surface area contributed by atoms with E-state index in [2.05, 4.69) is 4.98 Å². The third kappa shape index (κ3) is 3.24. The minimum Gasteiger partial charge on any atom is -0.436 e. The first-order valence-corrected chi connectivity index (χ1v) is 6.98. The lowest BCUT2D eigenvalue weighted by Gasteiger charge is -2.26. The molecule has 0 aliphatic rings. The molecule has 5 nitrogen and oxygen atoms in total. The number of hydrogen-bond acceptors (Lipinski definition) is 4. The third-order valence-corrected chi connectivity index (χ3v) is 3.38. The molecule has 1 amide bonds. The summed E-state index contributed by atoms with van der Waals surface area (Å²) in [6.45, 7) is 7.89. The predicted molar refractivity (Wildman–Crippen MR) is 81.8 cm³/mol. The molecule has 0 spiro atoms. The summed E-state index contributed by atoms with van der Waals surface area (Å²) in [5, 5.41) is 0. The SMILES string of the molecule is Cc1nc(C)c(C(=O)N(Cc2ccccc2N)C(C)C)o1. The Kier molecular flexibility index (Phi) is 4.31. The Labute approximate surface area is 124 Å². The number of rotatable bonds is 4. The molecule has 5 heteroatoms. The highest BCUT2D eigenvalue weighted by atomic mass is 16.4. The second kappa shape index (κ2) is 5.99. The summed E-state index contributed by atoms with van der Waals surface area (Å²) in [5.74, 6) is 0.640. The van der Waals surface area contributed by atoms with Crippen LogP contribution >= 0.6 is 0 Å². The molecule has 1 aromatic carbocycles. The maximum absolute atomic E-state index is 12.7. The lowest BCUT2D eigenvalue weighted by molar-refractivity contribution is 0.0655. The highest BCUT2D eigenvalue weighted by molar-refractivity contribution is 5.92. The van der Waals surface area contributed by atoms with Crippen LogP contribution in [0.25, 0.3) is 0 Å². The maximum atomic E-state index is 12.7. The van der Waals surface area contributed by atoms with Gasteiger partial charge in [-0.3, -0.25) is 4.79 Å². The monoisotopic (exact) mass is 287 g/mol. The Morgan fingerprint density at radius 1 is 1.33 bits per heavy atom. The standard InChI is InChI=1S/C16H21N3O2/c1-10(2)19(9-13-7-5-6-8-14(13)17)16(20)15-11(3)18-12(4)21-15/h5-8,10H,9,17H2,1-4H3. The summed E-state index contributed by atoms with van der Waals surface area (Å²) < 4.78 is 5.44. The van der Waals surface area contributed by atoms with Crippen molar-refractivity contribution in [1.82, 2.24) is 9.88 Å². The zero-order chi connectivity index (χ0) is 15.6. The van der Waals surface area contributed by atoms with Crippen LogP contribution in [0.4, 0.5) is 5.69 Å². The van der Waals surface area contributed by atoms with E-state index in [-0.39, 0.29) is 11.9 Å². The number of oxazole rings is 1.